The number of thiophene rings is 1. The maximum Gasteiger partial charge on any atom is 0.159 e. The molecule has 12 rings (SSSR count). The maximum atomic E-state index is 6.91. The second-order valence-electron chi connectivity index (χ2n) is 14.8. The van der Waals surface area contributed by atoms with Crippen molar-refractivity contribution in [1.29, 1.82) is 0 Å². The number of benzene rings is 7. The molecule has 1 atom stereocenters. The molecule has 0 bridgehead atoms. The first-order valence-electron chi connectivity index (χ1n) is 19.6. The molecule has 0 saturated heterocycles. The number of hydrogen-bond donors (Lipinski definition) is 1. The lowest BCUT2D eigenvalue weighted by Gasteiger charge is -2.27. The van der Waals surface area contributed by atoms with Crippen molar-refractivity contribution in [2.75, 3.05) is 4.90 Å². The molecule has 4 heterocycles. The fourth-order valence-corrected chi connectivity index (χ4v) is 9.84. The van der Waals surface area contributed by atoms with E-state index in [1.54, 1.807) is 0 Å². The third kappa shape index (κ3) is 5.31. The highest BCUT2D eigenvalue weighted by atomic mass is 32.1. The van der Waals surface area contributed by atoms with E-state index in [1.165, 1.54) is 20.5 Å². The first kappa shape index (κ1) is 33.0. The van der Waals surface area contributed by atoms with Crippen LogP contribution in [-0.4, -0.2) is 11.7 Å². The summed E-state index contributed by atoms with van der Waals surface area (Å²) in [6, 6.07) is 54.8. The average Bonchev–Trinajstić information content (AvgIpc) is 3.98. The Balaban J connectivity index is 1.10. The zero-order valence-electron chi connectivity index (χ0n) is 31.2. The minimum atomic E-state index is -0.340. The fourth-order valence-electron chi connectivity index (χ4n) is 8.65. The molecule has 7 heteroatoms. The molecule has 0 radical (unpaired) electrons. The van der Waals surface area contributed by atoms with Gasteiger partial charge in [-0.15, -0.1) is 11.3 Å². The van der Waals surface area contributed by atoms with Crippen molar-refractivity contribution in [2.45, 2.75) is 19.0 Å². The van der Waals surface area contributed by atoms with Gasteiger partial charge < -0.3 is 19.1 Å². The van der Waals surface area contributed by atoms with Crippen molar-refractivity contribution in [3.05, 3.63) is 191 Å². The number of rotatable bonds is 6. The monoisotopic (exact) mass is 766 g/mol. The number of fused-ring (bicyclic) bond motifs is 9. The summed E-state index contributed by atoms with van der Waals surface area (Å²) in [4.78, 5) is 14.1. The number of nitrogens with one attached hydrogen (secondary N) is 1. The van der Waals surface area contributed by atoms with Crippen molar-refractivity contribution >= 4 is 100 Å². The third-order valence-electron chi connectivity index (χ3n) is 11.4. The normalized spacial score (nSPS) is 15.2. The second-order valence-corrected chi connectivity index (χ2v) is 16.0. The Labute approximate surface area is 337 Å². The van der Waals surface area contributed by atoms with Crippen LogP contribution in [0, 0.1) is 0 Å². The predicted molar refractivity (Wildman–Crippen MR) is 240 cm³/mol. The van der Waals surface area contributed by atoms with Crippen LogP contribution in [0.2, 0.25) is 0 Å². The number of furan rings is 2. The zero-order valence-corrected chi connectivity index (χ0v) is 32.0. The molecule has 0 spiro atoms. The maximum absolute atomic E-state index is 6.91. The molecule has 58 heavy (non-hydrogen) atoms. The highest BCUT2D eigenvalue weighted by Gasteiger charge is 2.28. The first-order chi connectivity index (χ1) is 28.7. The van der Waals surface area contributed by atoms with Gasteiger partial charge in [-0.25, -0.2) is 9.98 Å². The number of para-hydroxylation sites is 2. The van der Waals surface area contributed by atoms with Gasteiger partial charge in [-0.1, -0.05) is 109 Å². The summed E-state index contributed by atoms with van der Waals surface area (Å²) < 4.78 is 14.7. The molecule has 1 unspecified atom stereocenters. The molecule has 1 aliphatic heterocycles. The highest BCUT2D eigenvalue weighted by molar-refractivity contribution is 7.19. The van der Waals surface area contributed by atoms with Gasteiger partial charge in [-0.2, -0.15) is 0 Å². The zero-order chi connectivity index (χ0) is 38.2. The molecule has 0 saturated carbocycles. The van der Waals surface area contributed by atoms with E-state index in [2.05, 4.69) is 119 Å². The number of nitrogens with zero attached hydrogens (tertiary/aromatic N) is 3. The van der Waals surface area contributed by atoms with Crippen LogP contribution in [0.3, 0.4) is 0 Å². The standard InChI is InChI=1S/C51H34N4O2S/c1-3-13-31(14-4-1)49-52-50(32-15-5-2-6-16-32)54-51(53-49)39-26-27-41(47-38-19-8-11-21-43(38)57-48(39)47)55(33-24-28-46-40(29-33)37-18-9-12-22-45(37)58-46)34-23-25-36-35-17-7-10-20-42(35)56-44(36)30-34/h1-11,13-21,23-30,49H,12,22H2,(H,52,53,54). The van der Waals surface area contributed by atoms with E-state index >= 15 is 0 Å². The summed E-state index contributed by atoms with van der Waals surface area (Å²) in [5.74, 6) is 1.37. The van der Waals surface area contributed by atoms with E-state index in [0.29, 0.717) is 11.7 Å². The molecule has 2 aliphatic rings. The molecular weight excluding hydrogens is 733 g/mol. The molecule has 1 aliphatic carbocycles. The Bertz CT molecular complexity index is 3340. The summed E-state index contributed by atoms with van der Waals surface area (Å²) in [6.45, 7) is 0. The van der Waals surface area contributed by atoms with Crippen LogP contribution >= 0.6 is 11.3 Å². The van der Waals surface area contributed by atoms with Crippen LogP contribution in [0.5, 0.6) is 0 Å². The summed E-state index contributed by atoms with van der Waals surface area (Å²) in [5, 5.41) is 9.17. The molecule has 6 nitrogen and oxygen atoms in total. The van der Waals surface area contributed by atoms with Crippen LogP contribution < -0.4 is 10.2 Å². The van der Waals surface area contributed by atoms with Gasteiger partial charge >= 0.3 is 0 Å². The van der Waals surface area contributed by atoms with Crippen LogP contribution in [0.15, 0.2) is 183 Å². The lowest BCUT2D eigenvalue weighted by molar-refractivity contribution is 0.659. The Kier molecular flexibility index (Phi) is 7.50. The van der Waals surface area contributed by atoms with Gasteiger partial charge in [0.25, 0.3) is 0 Å². The van der Waals surface area contributed by atoms with Gasteiger partial charge in [0, 0.05) is 54.1 Å². The van der Waals surface area contributed by atoms with E-state index in [-0.39, 0.29) is 6.17 Å². The van der Waals surface area contributed by atoms with Crippen LogP contribution in [0.1, 0.15) is 39.7 Å². The van der Waals surface area contributed by atoms with Gasteiger partial charge in [0.15, 0.2) is 5.84 Å². The summed E-state index contributed by atoms with van der Waals surface area (Å²) in [5.41, 5.74) is 10.5. The topological polar surface area (TPSA) is 66.3 Å². The van der Waals surface area contributed by atoms with Gasteiger partial charge in [-0.05, 0) is 78.6 Å². The Morgan fingerprint density at radius 3 is 2.22 bits per heavy atom. The number of aryl methyl sites for hydroxylation is 1. The van der Waals surface area contributed by atoms with Crippen molar-refractivity contribution in [2.24, 2.45) is 9.98 Å². The van der Waals surface area contributed by atoms with Gasteiger partial charge in [-0.3, -0.25) is 0 Å². The van der Waals surface area contributed by atoms with E-state index in [9.17, 15) is 0 Å². The summed E-state index contributed by atoms with van der Waals surface area (Å²) in [6.07, 6.45) is 6.42. The van der Waals surface area contributed by atoms with Gasteiger partial charge in [0.2, 0.25) is 0 Å². The summed E-state index contributed by atoms with van der Waals surface area (Å²) in [7, 11) is 0. The number of aliphatic imine (C=N–C) groups is 2. The van der Waals surface area contributed by atoms with E-state index in [1.807, 2.05) is 72.0 Å². The molecule has 276 valence electrons. The minimum Gasteiger partial charge on any atom is -0.456 e. The van der Waals surface area contributed by atoms with E-state index < -0.39 is 0 Å². The van der Waals surface area contributed by atoms with Crippen LogP contribution in [0.25, 0.3) is 60.0 Å². The van der Waals surface area contributed by atoms with Crippen molar-refractivity contribution in [3.63, 3.8) is 0 Å². The number of anilines is 3. The Morgan fingerprint density at radius 2 is 1.36 bits per heavy atom. The second kappa shape index (κ2) is 13.2. The largest absolute Gasteiger partial charge is 0.456 e. The lowest BCUT2D eigenvalue weighted by atomic mass is 10.0. The number of amidine groups is 2. The molecule has 1 N–H and O–H groups in total. The first-order valence-corrected chi connectivity index (χ1v) is 20.5. The van der Waals surface area contributed by atoms with Gasteiger partial charge in [0.05, 0.1) is 16.6 Å². The predicted octanol–water partition coefficient (Wildman–Crippen LogP) is 13.6. The average molecular weight is 767 g/mol. The van der Waals surface area contributed by atoms with Gasteiger partial charge in [0.1, 0.15) is 34.3 Å². The van der Waals surface area contributed by atoms with Crippen molar-refractivity contribution < 1.29 is 8.83 Å². The molecule has 0 fully saturated rings. The molecule has 10 aromatic rings. The van der Waals surface area contributed by atoms with E-state index in [0.717, 1.165) is 90.5 Å². The number of allylic oxidation sites excluding steroid dienone is 1. The molecule has 3 aromatic heterocycles. The Hall–Kier alpha value is -7.22. The smallest absolute Gasteiger partial charge is 0.159 e. The van der Waals surface area contributed by atoms with E-state index in [4.69, 9.17) is 18.8 Å². The molecule has 0 amide bonds. The van der Waals surface area contributed by atoms with Crippen molar-refractivity contribution in [1.82, 2.24) is 5.32 Å². The SMILES string of the molecule is C1=Cc2c(sc3ccc(N(c4ccc5c(c4)oc4ccccc45)c4ccc(C5=NC(c6ccccc6)=NC(c6ccccc6)N5)c5oc6ccccc6c45)cc23)CC1. The van der Waals surface area contributed by atoms with Crippen LogP contribution in [0.4, 0.5) is 17.1 Å². The minimum absolute atomic E-state index is 0.340. The molecular formula is C51H34N4O2S. The quantitative estimate of drug-likeness (QED) is 0.183. The summed E-state index contributed by atoms with van der Waals surface area (Å²) >= 11 is 1.91. The third-order valence-corrected chi connectivity index (χ3v) is 12.6. The number of hydrogen-bond acceptors (Lipinski definition) is 7. The Morgan fingerprint density at radius 1 is 0.638 bits per heavy atom. The van der Waals surface area contributed by atoms with Crippen LogP contribution in [-0.2, 0) is 6.42 Å². The molecule has 7 aromatic carbocycles. The lowest BCUT2D eigenvalue weighted by Crippen LogP contribution is -2.33. The van der Waals surface area contributed by atoms with Crippen molar-refractivity contribution in [3.8, 4) is 0 Å². The fraction of sp³-hybridized carbons (Fsp3) is 0.0588. The highest BCUT2D eigenvalue weighted by Crippen LogP contribution is 2.47.